The number of nitrogens with zero attached hydrogens (tertiary/aromatic N) is 1. The minimum Gasteiger partial charge on any atom is -0.480 e. The van der Waals surface area contributed by atoms with E-state index in [1.165, 1.54) is 7.05 Å². The first-order valence-electron chi connectivity index (χ1n) is 4.67. The summed E-state index contributed by atoms with van der Waals surface area (Å²) in [6.45, 7) is -3.36. The van der Waals surface area contributed by atoms with Crippen LogP contribution in [0.15, 0.2) is 0 Å². The number of urea groups is 1. The van der Waals surface area contributed by atoms with Gasteiger partial charge in [0.1, 0.15) is 13.1 Å². The van der Waals surface area contributed by atoms with Gasteiger partial charge in [0.05, 0.1) is 6.54 Å². The summed E-state index contributed by atoms with van der Waals surface area (Å²) in [5.74, 6) is -2.21. The standard InChI is InChI=1S/C8H12F3N3O4/c1-12-5(15)2-13-7(18)14(3-6(16)17)4-8(9,10)11/h2-4H2,1H3,(H,12,15)(H,13,18)(H,16,17). The Balaban J connectivity index is 4.50. The molecule has 0 saturated heterocycles. The average Bonchev–Trinajstić information content (AvgIpc) is 2.21. The number of hydrogen-bond acceptors (Lipinski definition) is 3. The van der Waals surface area contributed by atoms with Gasteiger partial charge < -0.3 is 20.6 Å². The predicted octanol–water partition coefficient (Wildman–Crippen LogP) is -0.609. The number of nitrogens with one attached hydrogen (secondary N) is 2. The lowest BCUT2D eigenvalue weighted by Crippen LogP contribution is -2.49. The number of carbonyl (C=O) groups excluding carboxylic acids is 2. The fraction of sp³-hybridized carbons (Fsp3) is 0.625. The molecule has 0 unspecified atom stereocenters. The summed E-state index contributed by atoms with van der Waals surface area (Å²) >= 11 is 0. The van der Waals surface area contributed by atoms with Crippen molar-refractivity contribution in [1.82, 2.24) is 15.5 Å². The van der Waals surface area contributed by atoms with Gasteiger partial charge in [-0.25, -0.2) is 4.79 Å². The van der Waals surface area contributed by atoms with Crippen molar-refractivity contribution in [3.8, 4) is 0 Å². The largest absolute Gasteiger partial charge is 0.480 e. The molecule has 10 heteroatoms. The maximum atomic E-state index is 12.1. The summed E-state index contributed by atoms with van der Waals surface area (Å²) < 4.78 is 36.3. The second kappa shape index (κ2) is 6.67. The Labute approximate surface area is 99.9 Å². The molecule has 0 rings (SSSR count). The maximum absolute atomic E-state index is 12.1. The Bertz CT molecular complexity index is 332. The molecule has 3 N–H and O–H groups in total. The smallest absolute Gasteiger partial charge is 0.406 e. The summed E-state index contributed by atoms with van der Waals surface area (Å²) in [5, 5.41) is 12.4. The zero-order chi connectivity index (χ0) is 14.3. The predicted molar refractivity (Wildman–Crippen MR) is 52.7 cm³/mol. The highest BCUT2D eigenvalue weighted by Crippen LogP contribution is 2.16. The first kappa shape index (κ1) is 16.0. The van der Waals surface area contributed by atoms with Crippen LogP contribution in [0.1, 0.15) is 0 Å². The Morgan fingerprint density at radius 1 is 1.28 bits per heavy atom. The van der Waals surface area contributed by atoms with Crippen LogP contribution in [0.5, 0.6) is 0 Å². The highest BCUT2D eigenvalue weighted by Gasteiger charge is 2.34. The molecule has 0 aromatic heterocycles. The lowest BCUT2D eigenvalue weighted by molar-refractivity contribution is -0.148. The molecule has 7 nitrogen and oxygen atoms in total. The lowest BCUT2D eigenvalue weighted by atomic mass is 10.4. The molecule has 0 aliphatic carbocycles. The fourth-order valence-electron chi connectivity index (χ4n) is 0.935. The SMILES string of the molecule is CNC(=O)CNC(=O)N(CC(=O)O)CC(F)(F)F. The van der Waals surface area contributed by atoms with Gasteiger partial charge in [-0.3, -0.25) is 9.59 Å². The van der Waals surface area contributed by atoms with Crippen LogP contribution in [0.3, 0.4) is 0 Å². The van der Waals surface area contributed by atoms with Crippen molar-refractivity contribution < 1.29 is 32.7 Å². The number of amides is 3. The zero-order valence-corrected chi connectivity index (χ0v) is 9.37. The van der Waals surface area contributed by atoms with Crippen molar-refractivity contribution in [2.45, 2.75) is 6.18 Å². The van der Waals surface area contributed by atoms with E-state index in [4.69, 9.17) is 5.11 Å². The topological polar surface area (TPSA) is 98.7 Å². The minimum absolute atomic E-state index is 0.0469. The molecule has 0 aromatic carbocycles. The highest BCUT2D eigenvalue weighted by atomic mass is 19.4. The Morgan fingerprint density at radius 3 is 2.22 bits per heavy atom. The van der Waals surface area contributed by atoms with Crippen molar-refractivity contribution in [2.24, 2.45) is 0 Å². The van der Waals surface area contributed by atoms with Gasteiger partial charge in [-0.2, -0.15) is 13.2 Å². The van der Waals surface area contributed by atoms with Gasteiger partial charge in [0.2, 0.25) is 5.91 Å². The molecule has 0 aliphatic rings. The molecule has 0 bridgehead atoms. The van der Waals surface area contributed by atoms with Crippen LogP contribution < -0.4 is 10.6 Å². The van der Waals surface area contributed by atoms with Crippen LogP contribution >= 0.6 is 0 Å². The first-order chi connectivity index (χ1) is 8.15. The molecule has 0 aliphatic heterocycles. The van der Waals surface area contributed by atoms with E-state index >= 15 is 0 Å². The van der Waals surface area contributed by atoms with E-state index in [1.807, 2.05) is 5.32 Å². The molecule has 0 atom stereocenters. The molecule has 0 spiro atoms. The van der Waals surface area contributed by atoms with Gasteiger partial charge in [-0.1, -0.05) is 0 Å². The normalized spacial score (nSPS) is 10.7. The molecule has 0 fully saturated rings. The van der Waals surface area contributed by atoms with Crippen molar-refractivity contribution in [1.29, 1.82) is 0 Å². The van der Waals surface area contributed by atoms with E-state index in [0.29, 0.717) is 0 Å². The van der Waals surface area contributed by atoms with Crippen LogP contribution in [-0.2, 0) is 9.59 Å². The number of carboxylic acid groups (broad SMARTS) is 1. The zero-order valence-electron chi connectivity index (χ0n) is 9.37. The van der Waals surface area contributed by atoms with E-state index < -0.39 is 43.7 Å². The van der Waals surface area contributed by atoms with Gasteiger partial charge >= 0.3 is 18.2 Å². The van der Waals surface area contributed by atoms with Crippen molar-refractivity contribution >= 4 is 17.9 Å². The van der Waals surface area contributed by atoms with E-state index in [-0.39, 0.29) is 4.90 Å². The number of rotatable bonds is 5. The van der Waals surface area contributed by atoms with Gasteiger partial charge in [-0.15, -0.1) is 0 Å². The van der Waals surface area contributed by atoms with E-state index in [9.17, 15) is 27.6 Å². The number of aliphatic carboxylic acids is 1. The maximum Gasteiger partial charge on any atom is 0.406 e. The van der Waals surface area contributed by atoms with Crippen molar-refractivity contribution in [3.05, 3.63) is 0 Å². The Kier molecular flexibility index (Phi) is 5.93. The molecular formula is C8H12F3N3O4. The fourth-order valence-corrected chi connectivity index (χ4v) is 0.935. The molecule has 104 valence electrons. The monoisotopic (exact) mass is 271 g/mol. The summed E-state index contributed by atoms with van der Waals surface area (Å²) in [6, 6.07) is -1.28. The Morgan fingerprint density at radius 2 is 1.83 bits per heavy atom. The average molecular weight is 271 g/mol. The summed E-state index contributed by atoms with van der Waals surface area (Å²) in [4.78, 5) is 32.4. The quantitative estimate of drug-likeness (QED) is 0.621. The van der Waals surface area contributed by atoms with Crippen LogP contribution in [0.4, 0.5) is 18.0 Å². The van der Waals surface area contributed by atoms with Crippen LogP contribution in [0.2, 0.25) is 0 Å². The molecule has 0 radical (unpaired) electrons. The van der Waals surface area contributed by atoms with E-state index in [0.717, 1.165) is 0 Å². The number of carboxylic acids is 1. The number of halogens is 3. The number of likely N-dealkylation sites (N-methyl/N-ethyl adjacent to an activating group) is 1. The number of hydrogen-bond donors (Lipinski definition) is 3. The third-order valence-electron chi connectivity index (χ3n) is 1.66. The van der Waals surface area contributed by atoms with Crippen molar-refractivity contribution in [2.75, 3.05) is 26.7 Å². The molecule has 18 heavy (non-hydrogen) atoms. The summed E-state index contributed by atoms with van der Waals surface area (Å²) in [5.41, 5.74) is 0. The van der Waals surface area contributed by atoms with Crippen LogP contribution in [-0.4, -0.2) is 60.8 Å². The molecule has 0 heterocycles. The lowest BCUT2D eigenvalue weighted by Gasteiger charge is -2.22. The molecule has 0 aromatic rings. The highest BCUT2D eigenvalue weighted by molar-refractivity contribution is 5.85. The number of carbonyl (C=O) groups is 3. The van der Waals surface area contributed by atoms with Crippen molar-refractivity contribution in [3.63, 3.8) is 0 Å². The summed E-state index contributed by atoms with van der Waals surface area (Å²) in [6.07, 6.45) is -4.72. The minimum atomic E-state index is -4.72. The third-order valence-corrected chi connectivity index (χ3v) is 1.66. The second-order valence-electron chi connectivity index (χ2n) is 3.20. The van der Waals surface area contributed by atoms with Crippen LogP contribution in [0, 0.1) is 0 Å². The van der Waals surface area contributed by atoms with Gasteiger partial charge in [0, 0.05) is 7.05 Å². The van der Waals surface area contributed by atoms with Gasteiger partial charge in [0.15, 0.2) is 0 Å². The summed E-state index contributed by atoms with van der Waals surface area (Å²) in [7, 11) is 1.28. The van der Waals surface area contributed by atoms with Gasteiger partial charge in [0.25, 0.3) is 0 Å². The van der Waals surface area contributed by atoms with Gasteiger partial charge in [-0.05, 0) is 0 Å². The second-order valence-corrected chi connectivity index (χ2v) is 3.20. The molecule has 3 amide bonds. The van der Waals surface area contributed by atoms with E-state index in [1.54, 1.807) is 0 Å². The molecular weight excluding hydrogens is 259 g/mol. The first-order valence-corrected chi connectivity index (χ1v) is 4.67. The third kappa shape index (κ3) is 7.30. The van der Waals surface area contributed by atoms with Crippen LogP contribution in [0.25, 0.3) is 0 Å². The Hall–Kier alpha value is -2.00. The van der Waals surface area contributed by atoms with E-state index in [2.05, 4.69) is 5.32 Å². The number of alkyl halides is 3. The molecule has 0 saturated carbocycles.